The first-order valence-corrected chi connectivity index (χ1v) is 4.54. The van der Waals surface area contributed by atoms with Gasteiger partial charge in [0.2, 0.25) is 0 Å². The van der Waals surface area contributed by atoms with E-state index in [0.717, 1.165) is 0 Å². The fraction of sp³-hybridized carbons (Fsp3) is 0.300. The number of hydrogen-bond donors (Lipinski definition) is 2. The maximum atomic E-state index is 11.5. The molecule has 5 heteroatoms. The van der Waals surface area contributed by atoms with E-state index in [0.29, 0.717) is 17.7 Å². The molecule has 80 valence electrons. The normalized spacial score (nSPS) is 9.73. The van der Waals surface area contributed by atoms with Gasteiger partial charge in [-0.3, -0.25) is 9.78 Å². The first kappa shape index (κ1) is 11.2. The molecule has 0 aliphatic heterocycles. The second-order valence-corrected chi connectivity index (χ2v) is 3.02. The predicted octanol–water partition coefficient (Wildman–Crippen LogP) is 0.838. The molecular formula is C10H12N2O3. The Morgan fingerprint density at radius 1 is 1.40 bits per heavy atom. The van der Waals surface area contributed by atoms with Crippen LogP contribution in [0.4, 0.5) is 0 Å². The molecule has 1 rings (SSSR count). The van der Waals surface area contributed by atoms with Crippen LogP contribution >= 0.6 is 0 Å². The molecule has 2 N–H and O–H groups in total. The minimum absolute atomic E-state index is 0.0544. The van der Waals surface area contributed by atoms with Gasteiger partial charge < -0.3 is 10.4 Å². The quantitative estimate of drug-likeness (QED) is 0.771. The number of carboxylic acid groups (broad SMARTS) is 1. The van der Waals surface area contributed by atoms with Crippen LogP contribution in [-0.4, -0.2) is 28.5 Å². The second kappa shape index (κ2) is 4.54. The highest BCUT2D eigenvalue weighted by Gasteiger charge is 2.15. The monoisotopic (exact) mass is 208 g/mol. The van der Waals surface area contributed by atoms with E-state index in [1.807, 2.05) is 0 Å². The van der Waals surface area contributed by atoms with Crippen molar-refractivity contribution in [1.82, 2.24) is 10.3 Å². The lowest BCUT2D eigenvalue weighted by molar-refractivity contribution is 0.0695. The van der Waals surface area contributed by atoms with Crippen molar-refractivity contribution in [2.24, 2.45) is 0 Å². The molecule has 1 aromatic rings. The zero-order valence-corrected chi connectivity index (χ0v) is 8.57. The maximum Gasteiger partial charge on any atom is 0.337 e. The molecule has 0 aliphatic rings. The lowest BCUT2D eigenvalue weighted by Crippen LogP contribution is -2.24. The van der Waals surface area contributed by atoms with Crippen LogP contribution in [0.1, 0.15) is 33.2 Å². The Balaban J connectivity index is 3.15. The molecule has 0 radical (unpaired) electrons. The highest BCUT2D eigenvalue weighted by atomic mass is 16.4. The summed E-state index contributed by atoms with van der Waals surface area (Å²) in [5, 5.41) is 11.4. The molecule has 0 fully saturated rings. The molecule has 0 saturated heterocycles. The molecule has 0 aromatic carbocycles. The van der Waals surface area contributed by atoms with Gasteiger partial charge in [0.05, 0.1) is 11.1 Å². The van der Waals surface area contributed by atoms with Crippen LogP contribution in [0.3, 0.4) is 0 Å². The fourth-order valence-electron chi connectivity index (χ4n) is 1.23. The van der Waals surface area contributed by atoms with Crippen molar-refractivity contribution in [3.8, 4) is 0 Å². The maximum absolute atomic E-state index is 11.5. The number of nitrogens with one attached hydrogen (secondary N) is 1. The van der Waals surface area contributed by atoms with E-state index < -0.39 is 5.97 Å². The Labute approximate surface area is 87.1 Å². The van der Waals surface area contributed by atoms with Gasteiger partial charge in [0.15, 0.2) is 0 Å². The number of rotatable bonds is 3. The summed E-state index contributed by atoms with van der Waals surface area (Å²) in [5.74, 6) is -1.38. The number of nitrogens with zero attached hydrogens (tertiary/aromatic N) is 1. The van der Waals surface area contributed by atoms with Gasteiger partial charge in [-0.25, -0.2) is 4.79 Å². The Morgan fingerprint density at radius 3 is 2.53 bits per heavy atom. The number of amides is 1. The van der Waals surface area contributed by atoms with Crippen LogP contribution in [0.15, 0.2) is 12.4 Å². The number of pyridine rings is 1. The SMILES string of the molecule is CCNC(=O)c1cncc(C(=O)O)c1C. The van der Waals surface area contributed by atoms with Crippen molar-refractivity contribution >= 4 is 11.9 Å². The van der Waals surface area contributed by atoms with Gasteiger partial charge in [0.1, 0.15) is 0 Å². The molecule has 1 amide bonds. The topological polar surface area (TPSA) is 79.3 Å². The Hall–Kier alpha value is -1.91. The molecule has 5 nitrogen and oxygen atoms in total. The summed E-state index contributed by atoms with van der Waals surface area (Å²) in [6.07, 6.45) is 2.60. The Bertz CT molecular complexity index is 402. The lowest BCUT2D eigenvalue weighted by Gasteiger charge is -2.07. The zero-order valence-electron chi connectivity index (χ0n) is 8.57. The van der Waals surface area contributed by atoms with Gasteiger partial charge in [0, 0.05) is 18.9 Å². The van der Waals surface area contributed by atoms with Crippen LogP contribution < -0.4 is 5.32 Å². The van der Waals surface area contributed by atoms with E-state index in [1.165, 1.54) is 12.4 Å². The molecule has 15 heavy (non-hydrogen) atoms. The van der Waals surface area contributed by atoms with Crippen molar-refractivity contribution in [3.63, 3.8) is 0 Å². The molecule has 0 atom stereocenters. The van der Waals surface area contributed by atoms with Crippen LogP contribution in [0.5, 0.6) is 0 Å². The summed E-state index contributed by atoms with van der Waals surface area (Å²) < 4.78 is 0. The van der Waals surface area contributed by atoms with Crippen molar-refractivity contribution < 1.29 is 14.7 Å². The van der Waals surface area contributed by atoms with E-state index in [2.05, 4.69) is 10.3 Å². The molecule has 0 aliphatic carbocycles. The Kier molecular flexibility index (Phi) is 3.38. The third-order valence-electron chi connectivity index (χ3n) is 2.03. The van der Waals surface area contributed by atoms with E-state index in [4.69, 9.17) is 5.11 Å². The largest absolute Gasteiger partial charge is 0.478 e. The molecule has 0 bridgehead atoms. The van der Waals surface area contributed by atoms with Crippen molar-refractivity contribution in [1.29, 1.82) is 0 Å². The summed E-state index contributed by atoms with van der Waals surface area (Å²) >= 11 is 0. The van der Waals surface area contributed by atoms with Crippen molar-refractivity contribution in [2.45, 2.75) is 13.8 Å². The Morgan fingerprint density at radius 2 is 2.00 bits per heavy atom. The molecule has 0 saturated carbocycles. The fourth-order valence-corrected chi connectivity index (χ4v) is 1.23. The van der Waals surface area contributed by atoms with E-state index in [9.17, 15) is 9.59 Å². The molecule has 1 heterocycles. The second-order valence-electron chi connectivity index (χ2n) is 3.02. The van der Waals surface area contributed by atoms with Gasteiger partial charge in [-0.05, 0) is 19.4 Å². The number of aromatic carboxylic acids is 1. The minimum atomic E-state index is -1.08. The molecule has 0 unspecified atom stereocenters. The number of hydrogen-bond acceptors (Lipinski definition) is 3. The number of aromatic nitrogens is 1. The average molecular weight is 208 g/mol. The van der Waals surface area contributed by atoms with Crippen LogP contribution in [-0.2, 0) is 0 Å². The van der Waals surface area contributed by atoms with Crippen LogP contribution in [0, 0.1) is 6.92 Å². The first-order chi connectivity index (χ1) is 7.07. The number of carboxylic acids is 1. The molecule has 0 spiro atoms. The van der Waals surface area contributed by atoms with E-state index in [-0.39, 0.29) is 11.5 Å². The molecule has 1 aromatic heterocycles. The van der Waals surface area contributed by atoms with E-state index >= 15 is 0 Å². The van der Waals surface area contributed by atoms with Crippen molar-refractivity contribution in [2.75, 3.05) is 6.54 Å². The highest BCUT2D eigenvalue weighted by molar-refractivity contribution is 5.99. The number of carbonyl (C=O) groups is 2. The summed E-state index contributed by atoms with van der Waals surface area (Å²) in [4.78, 5) is 26.0. The van der Waals surface area contributed by atoms with E-state index in [1.54, 1.807) is 13.8 Å². The van der Waals surface area contributed by atoms with Gasteiger partial charge >= 0.3 is 5.97 Å². The minimum Gasteiger partial charge on any atom is -0.478 e. The third kappa shape index (κ3) is 2.31. The number of carbonyl (C=O) groups excluding carboxylic acids is 1. The zero-order chi connectivity index (χ0) is 11.4. The molecular weight excluding hydrogens is 196 g/mol. The van der Waals surface area contributed by atoms with Crippen LogP contribution in [0.2, 0.25) is 0 Å². The first-order valence-electron chi connectivity index (χ1n) is 4.54. The van der Waals surface area contributed by atoms with Gasteiger partial charge in [-0.15, -0.1) is 0 Å². The van der Waals surface area contributed by atoms with Gasteiger partial charge in [0.25, 0.3) is 5.91 Å². The summed E-state index contributed by atoms with van der Waals surface area (Å²) in [5.41, 5.74) is 0.791. The highest BCUT2D eigenvalue weighted by Crippen LogP contribution is 2.11. The van der Waals surface area contributed by atoms with Crippen molar-refractivity contribution in [3.05, 3.63) is 29.1 Å². The summed E-state index contributed by atoms with van der Waals surface area (Å²) in [6.45, 7) is 3.88. The lowest BCUT2D eigenvalue weighted by atomic mass is 10.1. The summed E-state index contributed by atoms with van der Waals surface area (Å²) in [7, 11) is 0. The average Bonchev–Trinajstić information content (AvgIpc) is 2.17. The standard InChI is InChI=1S/C10H12N2O3/c1-3-12-9(13)7-4-11-5-8(6(7)2)10(14)15/h4-5H,3H2,1-2H3,(H,12,13)(H,14,15). The third-order valence-corrected chi connectivity index (χ3v) is 2.03. The van der Waals surface area contributed by atoms with Crippen LogP contribution in [0.25, 0.3) is 0 Å². The van der Waals surface area contributed by atoms with Gasteiger partial charge in [-0.1, -0.05) is 0 Å². The summed E-state index contributed by atoms with van der Waals surface area (Å²) in [6, 6.07) is 0. The smallest absolute Gasteiger partial charge is 0.337 e. The predicted molar refractivity (Wildman–Crippen MR) is 53.9 cm³/mol. The van der Waals surface area contributed by atoms with Gasteiger partial charge in [-0.2, -0.15) is 0 Å².